The quantitative estimate of drug-likeness (QED) is 0.421. The van der Waals surface area contributed by atoms with Gasteiger partial charge in [-0.25, -0.2) is 4.39 Å². The molecule has 0 saturated carbocycles. The fourth-order valence-corrected chi connectivity index (χ4v) is 1.40. The zero-order valence-corrected chi connectivity index (χ0v) is 7.64. The Morgan fingerprint density at radius 1 is 1.62 bits per heavy atom. The predicted octanol–water partition coefficient (Wildman–Crippen LogP) is 2.78. The Morgan fingerprint density at radius 2 is 2.23 bits per heavy atom. The first-order valence-corrected chi connectivity index (χ1v) is 4.09. The number of benzene rings is 1. The second-order valence-corrected chi connectivity index (χ2v) is 2.83. The molecule has 13 heavy (non-hydrogen) atoms. The highest BCUT2D eigenvalue weighted by Crippen LogP contribution is 2.24. The van der Waals surface area contributed by atoms with Gasteiger partial charge >= 0.3 is 0 Å². The number of nitro benzene ring substituents is 1. The van der Waals surface area contributed by atoms with Gasteiger partial charge < -0.3 is 0 Å². The number of hydrogen-bond donors (Lipinski definition) is 0. The van der Waals surface area contributed by atoms with Gasteiger partial charge in [0.2, 0.25) is 0 Å². The summed E-state index contributed by atoms with van der Waals surface area (Å²) in [4.78, 5) is 9.89. The second kappa shape index (κ2) is 3.70. The van der Waals surface area contributed by atoms with Crippen molar-refractivity contribution in [3.63, 3.8) is 0 Å². The Kier molecular flexibility index (Phi) is 2.83. The predicted molar refractivity (Wildman–Crippen MR) is 47.3 cm³/mol. The van der Waals surface area contributed by atoms with Crippen LogP contribution in [0.1, 0.15) is 11.1 Å². The largest absolute Gasteiger partial charge is 0.272 e. The molecule has 0 radical (unpaired) electrons. The van der Waals surface area contributed by atoms with E-state index in [2.05, 4.69) is 0 Å². The molecule has 5 heteroatoms. The molecule has 1 aromatic rings. The Hall–Kier alpha value is -1.16. The lowest BCUT2D eigenvalue weighted by Crippen LogP contribution is -1.97. The van der Waals surface area contributed by atoms with Gasteiger partial charge in [0, 0.05) is 17.2 Å². The van der Waals surface area contributed by atoms with Crippen LogP contribution in [-0.4, -0.2) is 4.92 Å². The lowest BCUT2D eigenvalue weighted by atomic mass is 10.1. The summed E-state index contributed by atoms with van der Waals surface area (Å²) >= 11 is 5.45. The van der Waals surface area contributed by atoms with Gasteiger partial charge in [0.15, 0.2) is 0 Å². The smallest absolute Gasteiger partial charge is 0.258 e. The average molecular weight is 204 g/mol. The molecule has 0 amide bonds. The maximum Gasteiger partial charge on any atom is 0.272 e. The van der Waals surface area contributed by atoms with Crippen molar-refractivity contribution in [1.29, 1.82) is 0 Å². The van der Waals surface area contributed by atoms with Gasteiger partial charge in [0.25, 0.3) is 5.69 Å². The Balaban J connectivity index is 3.35. The number of rotatable bonds is 2. The molecule has 0 aliphatic carbocycles. The highest BCUT2D eigenvalue weighted by atomic mass is 35.5. The second-order valence-electron chi connectivity index (χ2n) is 2.56. The summed E-state index contributed by atoms with van der Waals surface area (Å²) in [6.07, 6.45) is 0. The third-order valence-electron chi connectivity index (χ3n) is 1.84. The molecule has 0 spiro atoms. The van der Waals surface area contributed by atoms with E-state index in [0.717, 1.165) is 12.1 Å². The standard InChI is InChI=1S/C8H7ClFNO2/c1-5-6(4-9)7(10)2-3-8(5)11(12)13/h2-3H,4H2,1H3. The Labute approximate surface area is 79.3 Å². The van der Waals surface area contributed by atoms with Crippen LogP contribution in [0.15, 0.2) is 12.1 Å². The van der Waals surface area contributed by atoms with E-state index in [0.29, 0.717) is 5.56 Å². The zero-order chi connectivity index (χ0) is 10.0. The highest BCUT2D eigenvalue weighted by molar-refractivity contribution is 6.17. The van der Waals surface area contributed by atoms with Crippen LogP contribution < -0.4 is 0 Å². The fraction of sp³-hybridized carbons (Fsp3) is 0.250. The maximum absolute atomic E-state index is 13.0. The first-order chi connectivity index (χ1) is 6.07. The molecule has 3 nitrogen and oxygen atoms in total. The van der Waals surface area contributed by atoms with Crippen LogP contribution in [-0.2, 0) is 5.88 Å². The number of alkyl halides is 1. The molecule has 1 rings (SSSR count). The lowest BCUT2D eigenvalue weighted by Gasteiger charge is -2.03. The van der Waals surface area contributed by atoms with Gasteiger partial charge in [0.1, 0.15) is 5.82 Å². The van der Waals surface area contributed by atoms with Crippen LogP contribution in [0.25, 0.3) is 0 Å². The van der Waals surface area contributed by atoms with Crippen molar-refractivity contribution < 1.29 is 9.31 Å². The van der Waals surface area contributed by atoms with Gasteiger partial charge in [-0.3, -0.25) is 10.1 Å². The van der Waals surface area contributed by atoms with Crippen LogP contribution in [0.5, 0.6) is 0 Å². The topological polar surface area (TPSA) is 43.1 Å². The molecular weight excluding hydrogens is 197 g/mol. The maximum atomic E-state index is 13.0. The third-order valence-corrected chi connectivity index (χ3v) is 2.11. The summed E-state index contributed by atoms with van der Waals surface area (Å²) in [5.41, 5.74) is 0.382. The van der Waals surface area contributed by atoms with Crippen molar-refractivity contribution >= 4 is 17.3 Å². The molecular formula is C8H7ClFNO2. The fourth-order valence-electron chi connectivity index (χ4n) is 1.07. The molecule has 0 heterocycles. The van der Waals surface area contributed by atoms with Crippen LogP contribution >= 0.6 is 11.6 Å². The monoisotopic (exact) mass is 203 g/mol. The SMILES string of the molecule is Cc1c([N+](=O)[O-])ccc(F)c1CCl. The molecule has 70 valence electrons. The van der Waals surface area contributed by atoms with E-state index >= 15 is 0 Å². The minimum Gasteiger partial charge on any atom is -0.258 e. The van der Waals surface area contributed by atoms with Crippen molar-refractivity contribution in [1.82, 2.24) is 0 Å². The molecule has 0 bridgehead atoms. The molecule has 0 N–H and O–H groups in total. The van der Waals surface area contributed by atoms with E-state index in [1.807, 2.05) is 0 Å². The summed E-state index contributed by atoms with van der Waals surface area (Å²) in [5, 5.41) is 10.4. The van der Waals surface area contributed by atoms with E-state index in [1.54, 1.807) is 0 Å². The van der Waals surface area contributed by atoms with E-state index in [1.165, 1.54) is 6.92 Å². The van der Waals surface area contributed by atoms with E-state index in [4.69, 9.17) is 11.6 Å². The number of nitro groups is 1. The van der Waals surface area contributed by atoms with E-state index in [-0.39, 0.29) is 17.1 Å². The van der Waals surface area contributed by atoms with Crippen molar-refractivity contribution in [2.45, 2.75) is 12.8 Å². The molecule has 0 unspecified atom stereocenters. The molecule has 0 aliphatic rings. The first kappa shape index (κ1) is 9.92. The van der Waals surface area contributed by atoms with Gasteiger partial charge in [-0.2, -0.15) is 0 Å². The summed E-state index contributed by atoms with van der Waals surface area (Å²) in [6.45, 7) is 1.49. The first-order valence-electron chi connectivity index (χ1n) is 3.56. The Morgan fingerprint density at radius 3 is 2.69 bits per heavy atom. The molecule has 1 aromatic carbocycles. The summed E-state index contributed by atoms with van der Waals surface area (Å²) in [7, 11) is 0. The number of halogens is 2. The van der Waals surface area contributed by atoms with Crippen molar-refractivity contribution in [2.24, 2.45) is 0 Å². The van der Waals surface area contributed by atoms with E-state index < -0.39 is 10.7 Å². The molecule has 0 atom stereocenters. The molecule has 0 aliphatic heterocycles. The van der Waals surface area contributed by atoms with Crippen molar-refractivity contribution in [3.05, 3.63) is 39.2 Å². The summed E-state index contributed by atoms with van der Waals surface area (Å²) in [5.74, 6) is -0.558. The zero-order valence-electron chi connectivity index (χ0n) is 6.88. The molecule has 0 aromatic heterocycles. The highest BCUT2D eigenvalue weighted by Gasteiger charge is 2.16. The average Bonchev–Trinajstić information content (AvgIpc) is 2.04. The lowest BCUT2D eigenvalue weighted by molar-refractivity contribution is -0.385. The molecule has 0 saturated heterocycles. The van der Waals surface area contributed by atoms with E-state index in [9.17, 15) is 14.5 Å². The van der Waals surface area contributed by atoms with Crippen molar-refractivity contribution in [3.8, 4) is 0 Å². The normalized spacial score (nSPS) is 10.1. The minimum atomic E-state index is -0.551. The number of nitrogens with zero attached hydrogens (tertiary/aromatic N) is 1. The summed E-state index contributed by atoms with van der Waals surface area (Å²) < 4.78 is 13.0. The minimum absolute atomic E-state index is 0.0562. The summed E-state index contributed by atoms with van der Waals surface area (Å²) in [6, 6.07) is 2.20. The Bertz CT molecular complexity index is 354. The van der Waals surface area contributed by atoms with Crippen LogP contribution in [0.2, 0.25) is 0 Å². The van der Waals surface area contributed by atoms with Gasteiger partial charge in [0.05, 0.1) is 10.8 Å². The number of hydrogen-bond acceptors (Lipinski definition) is 2. The van der Waals surface area contributed by atoms with Gasteiger partial charge in [-0.15, -0.1) is 11.6 Å². The van der Waals surface area contributed by atoms with Gasteiger partial charge in [-0.05, 0) is 13.0 Å². The third kappa shape index (κ3) is 1.78. The molecule has 0 fully saturated rings. The van der Waals surface area contributed by atoms with Crippen LogP contribution in [0, 0.1) is 22.9 Å². The van der Waals surface area contributed by atoms with Crippen LogP contribution in [0.4, 0.5) is 10.1 Å². The van der Waals surface area contributed by atoms with Crippen LogP contribution in [0.3, 0.4) is 0 Å². The van der Waals surface area contributed by atoms with Crippen molar-refractivity contribution in [2.75, 3.05) is 0 Å². The van der Waals surface area contributed by atoms with Gasteiger partial charge in [-0.1, -0.05) is 0 Å².